The maximum absolute atomic E-state index is 5.30. The maximum atomic E-state index is 5.30. The molecule has 0 radical (unpaired) electrons. The first-order valence-electron chi connectivity index (χ1n) is 6.95. The highest BCUT2D eigenvalue weighted by molar-refractivity contribution is 5.30. The molecule has 0 bridgehead atoms. The highest BCUT2D eigenvalue weighted by Crippen LogP contribution is 2.22. The number of ether oxygens (including phenoxy) is 1. The lowest BCUT2D eigenvalue weighted by molar-refractivity contribution is 0.286. The zero-order chi connectivity index (χ0) is 15.2. The molecule has 0 saturated carbocycles. The van der Waals surface area contributed by atoms with Crippen LogP contribution in [0.1, 0.15) is 17.4 Å². The quantitative estimate of drug-likeness (QED) is 0.830. The zero-order valence-electron chi connectivity index (χ0n) is 13.1. The smallest absolute Gasteiger partial charge is 0.146 e. The van der Waals surface area contributed by atoms with Crippen LogP contribution in [-0.4, -0.2) is 47.4 Å². The Kier molecular flexibility index (Phi) is 5.30. The fraction of sp³-hybridized carbons (Fsp3) is 0.467. The number of nitrogens with one attached hydrogen (secondary N) is 1. The first kappa shape index (κ1) is 15.5. The van der Waals surface area contributed by atoms with Gasteiger partial charge in [-0.1, -0.05) is 12.1 Å². The molecule has 114 valence electrons. The summed E-state index contributed by atoms with van der Waals surface area (Å²) in [6, 6.07) is 8.45. The van der Waals surface area contributed by atoms with E-state index < -0.39 is 0 Å². The predicted octanol–water partition coefficient (Wildman–Crippen LogP) is 1.22. The van der Waals surface area contributed by atoms with Gasteiger partial charge in [0.15, 0.2) is 0 Å². The molecule has 6 nitrogen and oxygen atoms in total. The summed E-state index contributed by atoms with van der Waals surface area (Å²) in [5, 5.41) is 11.4. The van der Waals surface area contributed by atoms with Crippen molar-refractivity contribution >= 4 is 0 Å². The largest absolute Gasteiger partial charge is 0.497 e. The van der Waals surface area contributed by atoms with E-state index in [2.05, 4.69) is 46.6 Å². The van der Waals surface area contributed by atoms with Gasteiger partial charge in [0, 0.05) is 19.6 Å². The molecule has 0 saturated heterocycles. The second kappa shape index (κ2) is 7.19. The summed E-state index contributed by atoms with van der Waals surface area (Å²) in [6.45, 7) is 1.53. The van der Waals surface area contributed by atoms with Crippen molar-refractivity contribution in [1.82, 2.24) is 25.0 Å². The highest BCUT2D eigenvalue weighted by Gasteiger charge is 2.14. The minimum atomic E-state index is 0.272. The zero-order valence-corrected chi connectivity index (χ0v) is 13.1. The van der Waals surface area contributed by atoms with Crippen LogP contribution < -0.4 is 10.1 Å². The molecule has 1 unspecified atom stereocenters. The van der Waals surface area contributed by atoms with Crippen molar-refractivity contribution in [3.05, 3.63) is 42.0 Å². The van der Waals surface area contributed by atoms with E-state index in [1.807, 2.05) is 23.7 Å². The number of rotatable bonds is 7. The molecule has 1 heterocycles. The summed E-state index contributed by atoms with van der Waals surface area (Å²) in [5.41, 5.74) is 1.23. The molecular formula is C15H23N5O. The standard InChI is InChI=1S/C15H23N5O/c1-19(2)14(12-6-5-7-13(8-12)21-4)9-16-10-15-18-17-11-20(15)3/h5-8,11,14,16H,9-10H2,1-4H3. The number of nitrogens with zero attached hydrogens (tertiary/aromatic N) is 4. The van der Waals surface area contributed by atoms with Crippen molar-refractivity contribution in [3.8, 4) is 5.75 Å². The fourth-order valence-corrected chi connectivity index (χ4v) is 2.24. The van der Waals surface area contributed by atoms with Gasteiger partial charge < -0.3 is 19.5 Å². The van der Waals surface area contributed by atoms with Crippen molar-refractivity contribution in [2.24, 2.45) is 7.05 Å². The van der Waals surface area contributed by atoms with E-state index in [1.54, 1.807) is 13.4 Å². The Labute approximate surface area is 125 Å². The van der Waals surface area contributed by atoms with Gasteiger partial charge in [0.2, 0.25) is 0 Å². The van der Waals surface area contributed by atoms with Gasteiger partial charge in [-0.05, 0) is 31.8 Å². The second-order valence-corrected chi connectivity index (χ2v) is 5.24. The number of hydrogen-bond acceptors (Lipinski definition) is 5. The third-order valence-electron chi connectivity index (χ3n) is 3.53. The van der Waals surface area contributed by atoms with Crippen molar-refractivity contribution in [2.75, 3.05) is 27.7 Å². The van der Waals surface area contributed by atoms with Gasteiger partial charge in [0.05, 0.1) is 13.7 Å². The summed E-state index contributed by atoms with van der Waals surface area (Å²) in [5.74, 6) is 1.81. The minimum Gasteiger partial charge on any atom is -0.497 e. The molecule has 1 aromatic heterocycles. The van der Waals surface area contributed by atoms with Crippen molar-refractivity contribution in [1.29, 1.82) is 0 Å². The van der Waals surface area contributed by atoms with E-state index in [9.17, 15) is 0 Å². The highest BCUT2D eigenvalue weighted by atomic mass is 16.5. The summed E-state index contributed by atoms with van der Waals surface area (Å²) in [6.07, 6.45) is 1.71. The normalized spacial score (nSPS) is 12.6. The van der Waals surface area contributed by atoms with Crippen molar-refractivity contribution < 1.29 is 4.74 Å². The Morgan fingerprint density at radius 2 is 2.19 bits per heavy atom. The average Bonchev–Trinajstić information content (AvgIpc) is 2.88. The predicted molar refractivity (Wildman–Crippen MR) is 82.1 cm³/mol. The molecule has 0 spiro atoms. The van der Waals surface area contributed by atoms with Crippen LogP contribution in [0.25, 0.3) is 0 Å². The molecule has 0 aliphatic rings. The molecule has 0 fully saturated rings. The van der Waals surface area contributed by atoms with Gasteiger partial charge >= 0.3 is 0 Å². The third kappa shape index (κ3) is 4.03. The van der Waals surface area contributed by atoms with Crippen LogP contribution in [-0.2, 0) is 13.6 Å². The molecule has 1 aromatic carbocycles. The lowest BCUT2D eigenvalue weighted by Gasteiger charge is -2.25. The van der Waals surface area contributed by atoms with Crippen LogP contribution in [0.15, 0.2) is 30.6 Å². The first-order valence-corrected chi connectivity index (χ1v) is 6.95. The van der Waals surface area contributed by atoms with Crippen LogP contribution in [0.3, 0.4) is 0 Å². The Balaban J connectivity index is 2.00. The van der Waals surface area contributed by atoms with E-state index in [1.165, 1.54) is 5.56 Å². The first-order chi connectivity index (χ1) is 10.1. The van der Waals surface area contributed by atoms with Crippen LogP contribution in [0.5, 0.6) is 5.75 Å². The van der Waals surface area contributed by atoms with Crippen LogP contribution in [0.2, 0.25) is 0 Å². The van der Waals surface area contributed by atoms with E-state index in [0.29, 0.717) is 6.54 Å². The number of aromatic nitrogens is 3. The summed E-state index contributed by atoms with van der Waals surface area (Å²) < 4.78 is 7.22. The average molecular weight is 289 g/mol. The third-order valence-corrected chi connectivity index (χ3v) is 3.53. The van der Waals surface area contributed by atoms with Gasteiger partial charge in [0.25, 0.3) is 0 Å². The molecule has 0 aliphatic carbocycles. The van der Waals surface area contributed by atoms with E-state index in [4.69, 9.17) is 4.74 Å². The molecule has 0 aliphatic heterocycles. The Bertz CT molecular complexity index is 567. The van der Waals surface area contributed by atoms with Gasteiger partial charge in [-0.15, -0.1) is 10.2 Å². The lowest BCUT2D eigenvalue weighted by atomic mass is 10.1. The number of benzene rings is 1. The van der Waals surface area contributed by atoms with Gasteiger partial charge in [0.1, 0.15) is 17.9 Å². The molecular weight excluding hydrogens is 266 g/mol. The number of hydrogen-bond donors (Lipinski definition) is 1. The SMILES string of the molecule is COc1cccc(C(CNCc2nncn2C)N(C)C)c1. The minimum absolute atomic E-state index is 0.272. The molecule has 0 amide bonds. The Morgan fingerprint density at radius 1 is 1.38 bits per heavy atom. The molecule has 2 aromatic rings. The molecule has 1 atom stereocenters. The number of aryl methyl sites for hydroxylation is 1. The topological polar surface area (TPSA) is 55.2 Å². The van der Waals surface area contributed by atoms with E-state index >= 15 is 0 Å². The number of methoxy groups -OCH3 is 1. The van der Waals surface area contributed by atoms with Gasteiger partial charge in [-0.25, -0.2) is 0 Å². The fourth-order valence-electron chi connectivity index (χ4n) is 2.24. The Morgan fingerprint density at radius 3 is 2.81 bits per heavy atom. The van der Waals surface area contributed by atoms with Crippen LogP contribution in [0.4, 0.5) is 0 Å². The number of likely N-dealkylation sites (N-methyl/N-ethyl adjacent to an activating group) is 1. The molecule has 21 heavy (non-hydrogen) atoms. The summed E-state index contributed by atoms with van der Waals surface area (Å²) in [7, 11) is 7.79. The lowest BCUT2D eigenvalue weighted by Crippen LogP contribution is -2.31. The van der Waals surface area contributed by atoms with Gasteiger partial charge in [-0.3, -0.25) is 0 Å². The van der Waals surface area contributed by atoms with Crippen molar-refractivity contribution in [2.45, 2.75) is 12.6 Å². The molecule has 6 heteroatoms. The maximum Gasteiger partial charge on any atom is 0.146 e. The van der Waals surface area contributed by atoms with Gasteiger partial charge in [-0.2, -0.15) is 0 Å². The van der Waals surface area contributed by atoms with Crippen LogP contribution in [0, 0.1) is 0 Å². The molecule has 1 N–H and O–H groups in total. The second-order valence-electron chi connectivity index (χ2n) is 5.24. The van der Waals surface area contributed by atoms with E-state index in [0.717, 1.165) is 18.1 Å². The van der Waals surface area contributed by atoms with Crippen LogP contribution >= 0.6 is 0 Å². The Hall–Kier alpha value is -1.92. The monoisotopic (exact) mass is 289 g/mol. The molecule has 2 rings (SSSR count). The summed E-state index contributed by atoms with van der Waals surface area (Å²) >= 11 is 0. The van der Waals surface area contributed by atoms with E-state index in [-0.39, 0.29) is 6.04 Å². The van der Waals surface area contributed by atoms with Crippen molar-refractivity contribution in [3.63, 3.8) is 0 Å². The summed E-state index contributed by atoms with van der Waals surface area (Å²) in [4.78, 5) is 2.19.